The molecular formula is C18H16Cl2N2O2. The first-order valence-electron chi connectivity index (χ1n) is 7.54. The lowest BCUT2D eigenvalue weighted by Crippen LogP contribution is -2.41. The number of halogens is 2. The largest absolute Gasteiger partial charge is 0.325 e. The van der Waals surface area contributed by atoms with Crippen LogP contribution < -0.4 is 10.2 Å². The molecule has 0 aliphatic heterocycles. The summed E-state index contributed by atoms with van der Waals surface area (Å²) in [5.41, 5.74) is 0.281. The fourth-order valence-electron chi connectivity index (χ4n) is 2.58. The second kappa shape index (κ2) is 6.46. The highest BCUT2D eigenvalue weighted by Crippen LogP contribution is 2.48. The van der Waals surface area contributed by atoms with Crippen LogP contribution >= 0.6 is 23.2 Å². The van der Waals surface area contributed by atoms with E-state index in [-0.39, 0.29) is 11.8 Å². The molecule has 0 bridgehead atoms. The van der Waals surface area contributed by atoms with Gasteiger partial charge < -0.3 is 10.2 Å². The molecule has 4 nitrogen and oxygen atoms in total. The Labute approximate surface area is 150 Å². The maximum atomic E-state index is 12.8. The number of anilines is 2. The summed E-state index contributed by atoms with van der Waals surface area (Å²) in [5, 5.41) is 3.54. The van der Waals surface area contributed by atoms with Gasteiger partial charge in [0.05, 0.1) is 10.0 Å². The first kappa shape index (κ1) is 16.8. The van der Waals surface area contributed by atoms with Gasteiger partial charge in [0.25, 0.3) is 0 Å². The van der Waals surface area contributed by atoms with E-state index in [9.17, 15) is 9.59 Å². The van der Waals surface area contributed by atoms with Gasteiger partial charge in [0, 0.05) is 18.4 Å². The van der Waals surface area contributed by atoms with Crippen molar-refractivity contribution in [3.63, 3.8) is 0 Å². The summed E-state index contributed by atoms with van der Waals surface area (Å²) in [6.07, 6.45) is 1.08. The van der Waals surface area contributed by atoms with Gasteiger partial charge in [-0.2, -0.15) is 0 Å². The highest BCUT2D eigenvalue weighted by atomic mass is 35.5. The topological polar surface area (TPSA) is 49.4 Å². The van der Waals surface area contributed by atoms with E-state index in [1.165, 1.54) is 4.90 Å². The van der Waals surface area contributed by atoms with Gasteiger partial charge in [-0.25, -0.2) is 0 Å². The van der Waals surface area contributed by atoms with Crippen molar-refractivity contribution in [2.45, 2.75) is 12.8 Å². The fraction of sp³-hybridized carbons (Fsp3) is 0.222. The molecule has 2 aromatic carbocycles. The first-order valence-corrected chi connectivity index (χ1v) is 8.29. The van der Waals surface area contributed by atoms with Crippen molar-refractivity contribution in [2.75, 3.05) is 17.3 Å². The van der Waals surface area contributed by atoms with Gasteiger partial charge in [-0.3, -0.25) is 9.59 Å². The predicted octanol–water partition coefficient (Wildman–Crippen LogP) is 4.38. The summed E-state index contributed by atoms with van der Waals surface area (Å²) in [4.78, 5) is 27.0. The molecule has 0 atom stereocenters. The van der Waals surface area contributed by atoms with Crippen molar-refractivity contribution in [2.24, 2.45) is 5.41 Å². The summed E-state index contributed by atoms with van der Waals surface area (Å²) >= 11 is 11.8. The molecule has 1 saturated carbocycles. The lowest BCUT2D eigenvalue weighted by atomic mass is 10.0. The van der Waals surface area contributed by atoms with Crippen LogP contribution in [-0.2, 0) is 9.59 Å². The molecule has 0 saturated heterocycles. The normalized spacial score (nSPS) is 14.8. The van der Waals surface area contributed by atoms with Crippen LogP contribution in [0, 0.1) is 5.41 Å². The van der Waals surface area contributed by atoms with Crippen molar-refractivity contribution in [3.8, 4) is 0 Å². The van der Waals surface area contributed by atoms with Crippen LogP contribution in [0.3, 0.4) is 0 Å². The van der Waals surface area contributed by atoms with E-state index in [0.29, 0.717) is 28.6 Å². The molecule has 124 valence electrons. The molecule has 1 aliphatic carbocycles. The van der Waals surface area contributed by atoms with E-state index < -0.39 is 5.41 Å². The van der Waals surface area contributed by atoms with E-state index in [1.807, 2.05) is 30.3 Å². The van der Waals surface area contributed by atoms with Gasteiger partial charge in [0.15, 0.2) is 0 Å². The van der Waals surface area contributed by atoms with E-state index in [2.05, 4.69) is 5.32 Å². The van der Waals surface area contributed by atoms with Crippen LogP contribution in [0.2, 0.25) is 10.0 Å². The maximum absolute atomic E-state index is 12.8. The second-order valence-electron chi connectivity index (χ2n) is 5.86. The van der Waals surface area contributed by atoms with E-state index in [4.69, 9.17) is 23.2 Å². The number of nitrogens with one attached hydrogen (secondary N) is 1. The Morgan fingerprint density at radius 1 is 1.04 bits per heavy atom. The third-order valence-electron chi connectivity index (χ3n) is 4.22. The third kappa shape index (κ3) is 3.12. The number of nitrogens with zero attached hydrogens (tertiary/aromatic N) is 1. The summed E-state index contributed by atoms with van der Waals surface area (Å²) in [6, 6.07) is 14.1. The molecule has 0 heterocycles. The molecule has 6 heteroatoms. The fourth-order valence-corrected chi connectivity index (χ4v) is 2.88. The number of benzene rings is 2. The summed E-state index contributed by atoms with van der Waals surface area (Å²) in [7, 11) is 1.68. The average Bonchev–Trinajstić information content (AvgIpc) is 3.39. The van der Waals surface area contributed by atoms with Crippen LogP contribution in [0.5, 0.6) is 0 Å². The minimum absolute atomic E-state index is 0.203. The minimum atomic E-state index is -1.00. The van der Waals surface area contributed by atoms with Crippen molar-refractivity contribution < 1.29 is 9.59 Å². The molecule has 24 heavy (non-hydrogen) atoms. The molecule has 3 rings (SSSR count). The van der Waals surface area contributed by atoms with E-state index >= 15 is 0 Å². The number of hydrogen-bond acceptors (Lipinski definition) is 2. The predicted molar refractivity (Wildman–Crippen MR) is 96.6 cm³/mol. The van der Waals surface area contributed by atoms with Crippen LogP contribution in [0.15, 0.2) is 48.5 Å². The first-order chi connectivity index (χ1) is 11.4. The summed E-state index contributed by atoms with van der Waals surface area (Å²) < 4.78 is 0. The molecular weight excluding hydrogens is 347 g/mol. The number of carbonyl (C=O) groups excluding carboxylic acids is 2. The van der Waals surface area contributed by atoms with Crippen LogP contribution in [0.1, 0.15) is 12.8 Å². The number of para-hydroxylation sites is 1. The Morgan fingerprint density at radius 2 is 1.71 bits per heavy atom. The highest BCUT2D eigenvalue weighted by molar-refractivity contribution is 6.42. The van der Waals surface area contributed by atoms with Crippen LogP contribution in [0.4, 0.5) is 11.4 Å². The van der Waals surface area contributed by atoms with Crippen molar-refractivity contribution in [1.29, 1.82) is 0 Å². The highest BCUT2D eigenvalue weighted by Gasteiger charge is 2.57. The Morgan fingerprint density at radius 3 is 2.29 bits per heavy atom. The SMILES string of the molecule is CN(C(=O)C1(C(=O)Nc2ccc(Cl)c(Cl)c2)CC1)c1ccccc1. The smallest absolute Gasteiger partial charge is 0.242 e. The van der Waals surface area contributed by atoms with E-state index in [1.54, 1.807) is 25.2 Å². The van der Waals surface area contributed by atoms with Gasteiger partial charge in [-0.15, -0.1) is 0 Å². The molecule has 2 aromatic rings. The van der Waals surface area contributed by atoms with Gasteiger partial charge in [0.2, 0.25) is 11.8 Å². The third-order valence-corrected chi connectivity index (χ3v) is 4.96. The second-order valence-corrected chi connectivity index (χ2v) is 6.68. The van der Waals surface area contributed by atoms with Gasteiger partial charge >= 0.3 is 0 Å². The molecule has 0 spiro atoms. The van der Waals surface area contributed by atoms with Crippen molar-refractivity contribution >= 4 is 46.4 Å². The van der Waals surface area contributed by atoms with Crippen molar-refractivity contribution in [3.05, 3.63) is 58.6 Å². The van der Waals surface area contributed by atoms with Gasteiger partial charge in [-0.05, 0) is 43.2 Å². The Bertz CT molecular complexity index is 789. The lowest BCUT2D eigenvalue weighted by Gasteiger charge is -2.23. The molecule has 1 aliphatic rings. The number of carbonyl (C=O) groups is 2. The Balaban J connectivity index is 1.76. The standard InChI is InChI=1S/C18H16Cl2N2O2/c1-22(13-5-3-2-4-6-13)17(24)18(9-10-18)16(23)21-12-7-8-14(19)15(20)11-12/h2-8,11H,9-10H2,1H3,(H,21,23). The molecule has 0 aromatic heterocycles. The van der Waals surface area contributed by atoms with Crippen molar-refractivity contribution in [1.82, 2.24) is 0 Å². The van der Waals surface area contributed by atoms with Crippen LogP contribution in [0.25, 0.3) is 0 Å². The minimum Gasteiger partial charge on any atom is -0.325 e. The Kier molecular flexibility index (Phi) is 4.52. The quantitative estimate of drug-likeness (QED) is 0.820. The summed E-state index contributed by atoms with van der Waals surface area (Å²) in [6.45, 7) is 0. The Hall–Kier alpha value is -2.04. The van der Waals surface area contributed by atoms with Gasteiger partial charge in [-0.1, -0.05) is 41.4 Å². The zero-order valence-electron chi connectivity index (χ0n) is 13.1. The maximum Gasteiger partial charge on any atom is 0.242 e. The van der Waals surface area contributed by atoms with Gasteiger partial charge in [0.1, 0.15) is 5.41 Å². The zero-order valence-corrected chi connectivity index (χ0v) is 14.6. The zero-order chi connectivity index (χ0) is 17.3. The molecule has 0 unspecified atom stereocenters. The number of hydrogen-bond donors (Lipinski definition) is 1. The molecule has 2 amide bonds. The molecule has 1 N–H and O–H groups in total. The number of rotatable bonds is 4. The lowest BCUT2D eigenvalue weighted by molar-refractivity contribution is -0.132. The summed E-state index contributed by atoms with van der Waals surface area (Å²) in [5.74, 6) is -0.514. The number of amides is 2. The van der Waals surface area contributed by atoms with E-state index in [0.717, 1.165) is 5.69 Å². The van der Waals surface area contributed by atoms with Crippen LogP contribution in [-0.4, -0.2) is 18.9 Å². The molecule has 1 fully saturated rings. The monoisotopic (exact) mass is 362 g/mol. The average molecular weight is 363 g/mol. The molecule has 0 radical (unpaired) electrons.